The first-order valence-corrected chi connectivity index (χ1v) is 4.14. The number of nitrogens with zero attached hydrogens (tertiary/aromatic N) is 1. The van der Waals surface area contributed by atoms with Crippen molar-refractivity contribution in [1.29, 1.82) is 0 Å². The van der Waals surface area contributed by atoms with Crippen LogP contribution in [-0.4, -0.2) is 34.5 Å². The van der Waals surface area contributed by atoms with Crippen molar-refractivity contribution in [2.24, 2.45) is 11.8 Å². The highest BCUT2D eigenvalue weighted by molar-refractivity contribution is 6.09. The Labute approximate surface area is 70.2 Å². The van der Waals surface area contributed by atoms with Crippen LogP contribution >= 0.6 is 0 Å². The average molecular weight is 169 g/mol. The van der Waals surface area contributed by atoms with Gasteiger partial charge in [-0.2, -0.15) is 0 Å². The van der Waals surface area contributed by atoms with Gasteiger partial charge in [-0.05, 0) is 13.3 Å². The molecule has 4 heteroatoms. The van der Waals surface area contributed by atoms with Gasteiger partial charge in [0.15, 0.2) is 0 Å². The van der Waals surface area contributed by atoms with Crippen LogP contribution < -0.4 is 0 Å². The predicted molar refractivity (Wildman–Crippen MR) is 40.0 cm³/mol. The monoisotopic (exact) mass is 169 g/mol. The lowest BCUT2D eigenvalue weighted by atomic mass is 10.3. The summed E-state index contributed by atoms with van der Waals surface area (Å²) in [6.45, 7) is 1.54. The molecule has 0 aromatic carbocycles. The predicted octanol–water partition coefficient (Wildman–Crippen LogP) is -0.628. The summed E-state index contributed by atoms with van der Waals surface area (Å²) < 4.78 is 0. The van der Waals surface area contributed by atoms with E-state index in [1.807, 2.05) is 0 Å². The van der Waals surface area contributed by atoms with Crippen molar-refractivity contribution in [3.05, 3.63) is 0 Å². The number of imide groups is 1. The maximum absolute atomic E-state index is 11.4. The van der Waals surface area contributed by atoms with Crippen LogP contribution in [0.25, 0.3) is 0 Å². The Morgan fingerprint density at radius 3 is 2.42 bits per heavy atom. The fourth-order valence-electron chi connectivity index (χ4n) is 1.72. The van der Waals surface area contributed by atoms with Crippen LogP contribution in [0.1, 0.15) is 13.3 Å². The number of rotatable bonds is 2. The Bertz CT molecular complexity index is 231. The minimum absolute atomic E-state index is 0.0495. The molecule has 2 fully saturated rings. The number of piperidine rings is 1. The van der Waals surface area contributed by atoms with Crippen molar-refractivity contribution < 1.29 is 14.7 Å². The molecule has 2 rings (SSSR count). The van der Waals surface area contributed by atoms with Gasteiger partial charge in [0.1, 0.15) is 0 Å². The van der Waals surface area contributed by atoms with E-state index < -0.39 is 0 Å². The van der Waals surface area contributed by atoms with E-state index in [1.54, 1.807) is 6.92 Å². The van der Waals surface area contributed by atoms with Crippen molar-refractivity contribution >= 4 is 11.8 Å². The smallest absolute Gasteiger partial charge is 0.233 e. The van der Waals surface area contributed by atoms with Gasteiger partial charge < -0.3 is 5.11 Å². The Balaban J connectivity index is 2.16. The number of amides is 2. The van der Waals surface area contributed by atoms with E-state index in [4.69, 9.17) is 5.11 Å². The van der Waals surface area contributed by atoms with E-state index in [-0.39, 0.29) is 36.3 Å². The number of hydrogen-bond donors (Lipinski definition) is 1. The van der Waals surface area contributed by atoms with Crippen molar-refractivity contribution in [3.8, 4) is 0 Å². The molecule has 0 aromatic rings. The average Bonchev–Trinajstić information content (AvgIpc) is 2.78. The first-order valence-electron chi connectivity index (χ1n) is 4.14. The summed E-state index contributed by atoms with van der Waals surface area (Å²) in [6.07, 6.45) is 0.728. The number of likely N-dealkylation sites (tertiary alicyclic amines) is 1. The fourth-order valence-corrected chi connectivity index (χ4v) is 1.72. The molecule has 2 aliphatic rings. The van der Waals surface area contributed by atoms with Crippen LogP contribution in [0.2, 0.25) is 0 Å². The van der Waals surface area contributed by atoms with Gasteiger partial charge in [0.2, 0.25) is 11.8 Å². The van der Waals surface area contributed by atoms with Crippen molar-refractivity contribution in [2.75, 3.05) is 6.61 Å². The first kappa shape index (κ1) is 7.73. The normalized spacial score (nSPS) is 35.3. The van der Waals surface area contributed by atoms with Crippen LogP contribution in [0, 0.1) is 11.8 Å². The molecular formula is C8H11NO3. The summed E-state index contributed by atoms with van der Waals surface area (Å²) in [7, 11) is 0. The highest BCUT2D eigenvalue weighted by Gasteiger charge is 2.59. The van der Waals surface area contributed by atoms with Crippen molar-refractivity contribution in [2.45, 2.75) is 19.4 Å². The van der Waals surface area contributed by atoms with Gasteiger partial charge >= 0.3 is 0 Å². The molecule has 3 unspecified atom stereocenters. The molecule has 2 amide bonds. The summed E-state index contributed by atoms with van der Waals surface area (Å²) in [5.74, 6) is -0.281. The summed E-state index contributed by atoms with van der Waals surface area (Å²) in [4.78, 5) is 23.9. The molecule has 66 valence electrons. The Morgan fingerprint density at radius 2 is 2.00 bits per heavy atom. The molecule has 1 N–H and O–H groups in total. The third-order valence-corrected chi connectivity index (χ3v) is 2.60. The Morgan fingerprint density at radius 1 is 1.50 bits per heavy atom. The molecule has 1 heterocycles. The van der Waals surface area contributed by atoms with Gasteiger partial charge in [0.05, 0.1) is 24.5 Å². The lowest BCUT2D eigenvalue weighted by Crippen LogP contribution is -2.42. The van der Waals surface area contributed by atoms with Crippen LogP contribution in [-0.2, 0) is 9.59 Å². The van der Waals surface area contributed by atoms with Crippen molar-refractivity contribution in [3.63, 3.8) is 0 Å². The molecule has 0 radical (unpaired) electrons. The molecule has 1 aliphatic carbocycles. The molecule has 3 atom stereocenters. The third kappa shape index (κ3) is 0.813. The number of aliphatic hydroxyl groups is 1. The van der Waals surface area contributed by atoms with Crippen LogP contribution in [0.4, 0.5) is 0 Å². The molecule has 0 spiro atoms. The second-order valence-electron chi connectivity index (χ2n) is 3.53. The van der Waals surface area contributed by atoms with E-state index >= 15 is 0 Å². The second kappa shape index (κ2) is 2.29. The first-order chi connectivity index (χ1) is 5.66. The molecule has 4 nitrogen and oxygen atoms in total. The molecule has 1 saturated heterocycles. The minimum atomic E-state index is -0.349. The molecule has 1 saturated carbocycles. The van der Waals surface area contributed by atoms with Gasteiger partial charge in [-0.15, -0.1) is 0 Å². The zero-order chi connectivity index (χ0) is 8.88. The molecule has 0 aromatic heterocycles. The molecule has 0 bridgehead atoms. The zero-order valence-electron chi connectivity index (χ0n) is 6.86. The molecule has 12 heavy (non-hydrogen) atoms. The largest absolute Gasteiger partial charge is 0.394 e. The highest BCUT2D eigenvalue weighted by Crippen LogP contribution is 2.47. The Kier molecular flexibility index (Phi) is 1.48. The van der Waals surface area contributed by atoms with E-state index in [0.717, 1.165) is 6.42 Å². The standard InChI is InChI=1S/C8H11NO3/c1-4(3-10)9-7(11)5-2-6(5)8(9)12/h4-6,10H,2-3H2,1H3. The molecule has 1 aliphatic heterocycles. The zero-order valence-corrected chi connectivity index (χ0v) is 6.86. The second-order valence-corrected chi connectivity index (χ2v) is 3.53. The van der Waals surface area contributed by atoms with Gasteiger partial charge in [0, 0.05) is 0 Å². The van der Waals surface area contributed by atoms with E-state index in [0.29, 0.717) is 0 Å². The van der Waals surface area contributed by atoms with Gasteiger partial charge in [0.25, 0.3) is 0 Å². The number of carbonyl (C=O) groups excluding carboxylic acids is 2. The number of fused-ring (bicyclic) bond motifs is 1. The number of hydrogen-bond acceptors (Lipinski definition) is 3. The highest BCUT2D eigenvalue weighted by atomic mass is 16.3. The summed E-state index contributed by atoms with van der Waals surface area (Å²) in [5, 5.41) is 8.79. The quantitative estimate of drug-likeness (QED) is 0.560. The van der Waals surface area contributed by atoms with Crippen molar-refractivity contribution in [1.82, 2.24) is 4.90 Å². The van der Waals surface area contributed by atoms with Gasteiger partial charge in [-0.1, -0.05) is 0 Å². The van der Waals surface area contributed by atoms with Gasteiger partial charge in [-0.3, -0.25) is 14.5 Å². The van der Waals surface area contributed by atoms with Crippen LogP contribution in [0.15, 0.2) is 0 Å². The van der Waals surface area contributed by atoms with Crippen LogP contribution in [0.5, 0.6) is 0 Å². The summed E-state index contributed by atoms with van der Waals surface area (Å²) in [5.41, 5.74) is 0. The lowest BCUT2D eigenvalue weighted by Gasteiger charge is -2.21. The number of carbonyl (C=O) groups is 2. The van der Waals surface area contributed by atoms with E-state index in [9.17, 15) is 9.59 Å². The summed E-state index contributed by atoms with van der Waals surface area (Å²) in [6, 6.07) is -0.349. The molecular weight excluding hydrogens is 158 g/mol. The van der Waals surface area contributed by atoms with Crippen LogP contribution in [0.3, 0.4) is 0 Å². The third-order valence-electron chi connectivity index (χ3n) is 2.60. The van der Waals surface area contributed by atoms with E-state index in [2.05, 4.69) is 0 Å². The lowest BCUT2D eigenvalue weighted by molar-refractivity contribution is -0.144. The van der Waals surface area contributed by atoms with Gasteiger partial charge in [-0.25, -0.2) is 0 Å². The van der Waals surface area contributed by atoms with E-state index in [1.165, 1.54) is 4.90 Å². The minimum Gasteiger partial charge on any atom is -0.394 e. The number of aliphatic hydroxyl groups excluding tert-OH is 1. The fraction of sp³-hybridized carbons (Fsp3) is 0.750. The maximum Gasteiger partial charge on any atom is 0.233 e. The Hall–Kier alpha value is -0.900. The topological polar surface area (TPSA) is 57.6 Å². The SMILES string of the molecule is CC(CO)N1C(=O)C2CC2C1=O. The maximum atomic E-state index is 11.4. The summed E-state index contributed by atoms with van der Waals surface area (Å²) >= 11 is 0.